The van der Waals surface area contributed by atoms with Crippen LogP contribution in [0.4, 0.5) is 0 Å². The van der Waals surface area contributed by atoms with Crippen LogP contribution in [-0.2, 0) is 6.42 Å². The lowest BCUT2D eigenvalue weighted by atomic mass is 9.95. The van der Waals surface area contributed by atoms with Gasteiger partial charge in [0, 0.05) is 17.8 Å². The van der Waals surface area contributed by atoms with Crippen LogP contribution < -0.4 is 5.32 Å². The van der Waals surface area contributed by atoms with E-state index in [2.05, 4.69) is 65.5 Å². The first-order valence-corrected chi connectivity index (χ1v) is 10.9. The molecule has 1 aliphatic rings. The largest absolute Gasteiger partial charge is 0.317 e. The number of fused-ring (bicyclic) bond motifs is 2. The van der Waals surface area contributed by atoms with Crippen molar-refractivity contribution in [2.24, 2.45) is 0 Å². The van der Waals surface area contributed by atoms with Gasteiger partial charge in [-0.2, -0.15) is 0 Å². The fourth-order valence-electron chi connectivity index (χ4n) is 4.59. The van der Waals surface area contributed by atoms with E-state index in [0.29, 0.717) is 6.04 Å². The van der Waals surface area contributed by atoms with Crippen LogP contribution in [-0.4, -0.2) is 27.6 Å². The van der Waals surface area contributed by atoms with Crippen LogP contribution in [0.1, 0.15) is 44.2 Å². The van der Waals surface area contributed by atoms with E-state index in [1.807, 2.05) is 6.33 Å². The summed E-state index contributed by atoms with van der Waals surface area (Å²) in [5.74, 6) is 0. The minimum absolute atomic E-state index is 0.486. The minimum Gasteiger partial charge on any atom is -0.317 e. The molecule has 4 aromatic rings. The zero-order chi connectivity index (χ0) is 19.6. The quantitative estimate of drug-likeness (QED) is 0.493. The molecule has 1 saturated heterocycles. The Kier molecular flexibility index (Phi) is 5.03. The highest BCUT2D eigenvalue weighted by molar-refractivity contribution is 5.96. The van der Waals surface area contributed by atoms with Gasteiger partial charge in [-0.15, -0.1) is 0 Å². The number of piperidine rings is 1. The van der Waals surface area contributed by atoms with Gasteiger partial charge < -0.3 is 9.88 Å². The number of aromatic nitrogens is 3. The summed E-state index contributed by atoms with van der Waals surface area (Å²) in [6, 6.07) is 15.8. The Labute approximate surface area is 172 Å². The van der Waals surface area contributed by atoms with Gasteiger partial charge in [-0.05, 0) is 66.7 Å². The predicted molar refractivity (Wildman–Crippen MR) is 120 cm³/mol. The molecule has 0 bridgehead atoms. The SMILES string of the molecule is CCCCc1cnc2c(ncn2C2CCNCC2)c1-c1ccc2ccccc2c1. The average Bonchev–Trinajstić information content (AvgIpc) is 3.21. The van der Waals surface area contributed by atoms with Crippen LogP contribution in [0, 0.1) is 0 Å². The lowest BCUT2D eigenvalue weighted by Gasteiger charge is -2.24. The van der Waals surface area contributed by atoms with Gasteiger partial charge in [-0.25, -0.2) is 9.97 Å². The predicted octanol–water partition coefficient (Wildman–Crippen LogP) is 5.52. The van der Waals surface area contributed by atoms with Gasteiger partial charge in [0.05, 0.1) is 6.33 Å². The Hall–Kier alpha value is -2.72. The van der Waals surface area contributed by atoms with Crippen molar-refractivity contribution in [3.63, 3.8) is 0 Å². The molecule has 0 aliphatic carbocycles. The lowest BCUT2D eigenvalue weighted by molar-refractivity contribution is 0.373. The van der Waals surface area contributed by atoms with E-state index in [1.165, 1.54) is 40.3 Å². The molecule has 2 aromatic heterocycles. The van der Waals surface area contributed by atoms with Crippen LogP contribution >= 0.6 is 0 Å². The second-order valence-corrected chi connectivity index (χ2v) is 8.13. The first-order chi connectivity index (χ1) is 14.3. The molecule has 5 rings (SSSR count). The number of unbranched alkanes of at least 4 members (excludes halogenated alkanes) is 1. The maximum absolute atomic E-state index is 4.90. The lowest BCUT2D eigenvalue weighted by Crippen LogP contribution is -2.29. The summed E-state index contributed by atoms with van der Waals surface area (Å²) in [4.78, 5) is 9.80. The summed E-state index contributed by atoms with van der Waals surface area (Å²) in [6.45, 7) is 4.38. The zero-order valence-electron chi connectivity index (χ0n) is 17.1. The number of imidazole rings is 1. The van der Waals surface area contributed by atoms with Crippen molar-refractivity contribution in [2.75, 3.05) is 13.1 Å². The summed E-state index contributed by atoms with van der Waals surface area (Å²) < 4.78 is 2.31. The molecule has 0 unspecified atom stereocenters. The molecule has 148 valence electrons. The molecule has 1 fully saturated rings. The van der Waals surface area contributed by atoms with Crippen molar-refractivity contribution in [1.29, 1.82) is 0 Å². The highest BCUT2D eigenvalue weighted by atomic mass is 15.1. The standard InChI is InChI=1S/C25H28N4/c1-2-3-6-21-16-27-25-24(28-17-29(25)22-11-13-26-14-12-22)23(21)20-10-9-18-7-4-5-8-19(18)15-20/h4-5,7-10,15-17,22,26H,2-3,6,11-14H2,1H3. The molecule has 4 nitrogen and oxygen atoms in total. The Morgan fingerprint density at radius 3 is 2.69 bits per heavy atom. The molecule has 0 saturated carbocycles. The molecule has 0 spiro atoms. The number of rotatable bonds is 5. The average molecular weight is 385 g/mol. The van der Waals surface area contributed by atoms with Gasteiger partial charge in [0.1, 0.15) is 5.52 Å². The van der Waals surface area contributed by atoms with Crippen molar-refractivity contribution in [3.05, 3.63) is 60.6 Å². The van der Waals surface area contributed by atoms with Crippen molar-refractivity contribution >= 4 is 21.9 Å². The number of nitrogens with one attached hydrogen (secondary N) is 1. The van der Waals surface area contributed by atoms with E-state index in [4.69, 9.17) is 9.97 Å². The van der Waals surface area contributed by atoms with E-state index >= 15 is 0 Å². The summed E-state index contributed by atoms with van der Waals surface area (Å²) >= 11 is 0. The normalized spacial score (nSPS) is 15.3. The highest BCUT2D eigenvalue weighted by Gasteiger charge is 2.21. The molecular weight excluding hydrogens is 356 g/mol. The minimum atomic E-state index is 0.486. The van der Waals surface area contributed by atoms with Crippen molar-refractivity contribution in [2.45, 2.75) is 45.1 Å². The Balaban J connectivity index is 1.68. The zero-order valence-corrected chi connectivity index (χ0v) is 17.1. The molecule has 1 aliphatic heterocycles. The maximum atomic E-state index is 4.90. The van der Waals surface area contributed by atoms with Crippen molar-refractivity contribution < 1.29 is 0 Å². The van der Waals surface area contributed by atoms with E-state index < -0.39 is 0 Å². The number of hydrogen-bond donors (Lipinski definition) is 1. The van der Waals surface area contributed by atoms with Crippen LogP contribution in [0.3, 0.4) is 0 Å². The number of benzene rings is 2. The smallest absolute Gasteiger partial charge is 0.160 e. The Morgan fingerprint density at radius 1 is 1.03 bits per heavy atom. The summed E-state index contributed by atoms with van der Waals surface area (Å²) in [7, 11) is 0. The molecular formula is C25H28N4. The molecule has 1 N–H and O–H groups in total. The molecule has 29 heavy (non-hydrogen) atoms. The van der Waals surface area contributed by atoms with Gasteiger partial charge >= 0.3 is 0 Å². The Bertz CT molecular complexity index is 1140. The van der Waals surface area contributed by atoms with Crippen LogP contribution in [0.25, 0.3) is 33.1 Å². The van der Waals surface area contributed by atoms with Gasteiger partial charge in [-0.3, -0.25) is 0 Å². The van der Waals surface area contributed by atoms with E-state index in [-0.39, 0.29) is 0 Å². The summed E-state index contributed by atoms with van der Waals surface area (Å²) in [6.07, 6.45) is 9.78. The number of aryl methyl sites for hydroxylation is 1. The van der Waals surface area contributed by atoms with Crippen LogP contribution in [0.15, 0.2) is 55.0 Å². The molecule has 0 radical (unpaired) electrons. The number of nitrogens with zero attached hydrogens (tertiary/aromatic N) is 3. The van der Waals surface area contributed by atoms with Gasteiger partial charge in [-0.1, -0.05) is 49.7 Å². The highest BCUT2D eigenvalue weighted by Crippen LogP contribution is 2.34. The molecule has 4 heteroatoms. The van der Waals surface area contributed by atoms with Gasteiger partial charge in [0.25, 0.3) is 0 Å². The first-order valence-electron chi connectivity index (χ1n) is 10.9. The number of pyridine rings is 1. The third kappa shape index (κ3) is 3.42. The monoisotopic (exact) mass is 384 g/mol. The van der Waals surface area contributed by atoms with E-state index in [0.717, 1.165) is 43.5 Å². The third-order valence-corrected chi connectivity index (χ3v) is 6.21. The maximum Gasteiger partial charge on any atom is 0.160 e. The molecule has 3 heterocycles. The molecule has 2 aromatic carbocycles. The first kappa shape index (κ1) is 18.3. The van der Waals surface area contributed by atoms with Crippen molar-refractivity contribution in [1.82, 2.24) is 19.9 Å². The van der Waals surface area contributed by atoms with Crippen molar-refractivity contribution in [3.8, 4) is 11.1 Å². The van der Waals surface area contributed by atoms with E-state index in [9.17, 15) is 0 Å². The van der Waals surface area contributed by atoms with Gasteiger partial charge in [0.15, 0.2) is 5.65 Å². The fourth-order valence-corrected chi connectivity index (χ4v) is 4.59. The second kappa shape index (κ2) is 7.96. The summed E-state index contributed by atoms with van der Waals surface area (Å²) in [5.41, 5.74) is 5.90. The summed E-state index contributed by atoms with van der Waals surface area (Å²) in [5, 5.41) is 6.00. The molecule has 0 atom stereocenters. The number of hydrogen-bond acceptors (Lipinski definition) is 3. The molecule has 0 amide bonds. The van der Waals surface area contributed by atoms with Crippen LogP contribution in [0.2, 0.25) is 0 Å². The second-order valence-electron chi connectivity index (χ2n) is 8.13. The van der Waals surface area contributed by atoms with E-state index in [1.54, 1.807) is 0 Å². The van der Waals surface area contributed by atoms with Crippen LogP contribution in [0.5, 0.6) is 0 Å². The van der Waals surface area contributed by atoms with Gasteiger partial charge in [0.2, 0.25) is 0 Å². The fraction of sp³-hybridized carbons (Fsp3) is 0.360. The third-order valence-electron chi connectivity index (χ3n) is 6.21. The Morgan fingerprint density at radius 2 is 1.86 bits per heavy atom. The topological polar surface area (TPSA) is 42.7 Å².